The quantitative estimate of drug-likeness (QED) is 0.855. The van der Waals surface area contributed by atoms with Gasteiger partial charge < -0.3 is 16.0 Å². The standard InChI is InChI=1S/C15H24N4O/c1-11(2)18-10-13-5-3-4-8-19(13)12-6-7-17-14(9-12)15(16)20/h6-7,9,11,13,18H,3-5,8,10H2,1-2H3,(H2,16,20). The number of amides is 1. The van der Waals surface area contributed by atoms with E-state index in [9.17, 15) is 4.79 Å². The average molecular weight is 276 g/mol. The Labute approximate surface area is 120 Å². The third-order valence-electron chi connectivity index (χ3n) is 3.72. The summed E-state index contributed by atoms with van der Waals surface area (Å²) in [5, 5.41) is 3.50. The van der Waals surface area contributed by atoms with Crippen LogP contribution in [0, 0.1) is 0 Å². The van der Waals surface area contributed by atoms with Crippen molar-refractivity contribution in [3.8, 4) is 0 Å². The maximum Gasteiger partial charge on any atom is 0.267 e. The van der Waals surface area contributed by atoms with Crippen molar-refractivity contribution in [2.75, 3.05) is 18.0 Å². The molecule has 0 aromatic carbocycles. The van der Waals surface area contributed by atoms with Crippen molar-refractivity contribution in [2.45, 2.75) is 45.2 Å². The van der Waals surface area contributed by atoms with E-state index in [4.69, 9.17) is 5.73 Å². The lowest BCUT2D eigenvalue weighted by Crippen LogP contribution is -2.47. The molecule has 1 atom stereocenters. The van der Waals surface area contributed by atoms with Crippen LogP contribution >= 0.6 is 0 Å². The Kier molecular flexibility index (Phi) is 4.95. The van der Waals surface area contributed by atoms with Crippen LogP contribution < -0.4 is 16.0 Å². The zero-order valence-corrected chi connectivity index (χ0v) is 12.3. The Morgan fingerprint density at radius 3 is 3.05 bits per heavy atom. The van der Waals surface area contributed by atoms with E-state index in [-0.39, 0.29) is 0 Å². The summed E-state index contributed by atoms with van der Waals surface area (Å²) >= 11 is 0. The molecule has 0 aliphatic carbocycles. The van der Waals surface area contributed by atoms with Crippen molar-refractivity contribution in [3.63, 3.8) is 0 Å². The second-order valence-electron chi connectivity index (χ2n) is 5.67. The summed E-state index contributed by atoms with van der Waals surface area (Å²) in [5.41, 5.74) is 6.70. The van der Waals surface area contributed by atoms with E-state index < -0.39 is 5.91 Å². The highest BCUT2D eigenvalue weighted by atomic mass is 16.1. The van der Waals surface area contributed by atoms with Crippen LogP contribution in [0.1, 0.15) is 43.6 Å². The monoisotopic (exact) mass is 276 g/mol. The number of piperidine rings is 1. The molecule has 1 aliphatic rings. The highest BCUT2D eigenvalue weighted by Crippen LogP contribution is 2.24. The summed E-state index contributed by atoms with van der Waals surface area (Å²) in [6, 6.07) is 4.71. The number of carbonyl (C=O) groups excluding carboxylic acids is 1. The number of primary amides is 1. The van der Waals surface area contributed by atoms with Crippen molar-refractivity contribution in [1.29, 1.82) is 0 Å². The lowest BCUT2D eigenvalue weighted by Gasteiger charge is -2.38. The summed E-state index contributed by atoms with van der Waals surface area (Å²) in [5.74, 6) is -0.472. The molecule has 1 aromatic heterocycles. The minimum atomic E-state index is -0.472. The highest BCUT2D eigenvalue weighted by Gasteiger charge is 2.23. The van der Waals surface area contributed by atoms with Crippen molar-refractivity contribution in [3.05, 3.63) is 24.0 Å². The minimum Gasteiger partial charge on any atom is -0.367 e. The van der Waals surface area contributed by atoms with Crippen LogP contribution in [0.15, 0.2) is 18.3 Å². The zero-order chi connectivity index (χ0) is 14.5. The van der Waals surface area contributed by atoms with Crippen molar-refractivity contribution in [1.82, 2.24) is 10.3 Å². The topological polar surface area (TPSA) is 71.2 Å². The van der Waals surface area contributed by atoms with Gasteiger partial charge in [-0.2, -0.15) is 0 Å². The molecule has 20 heavy (non-hydrogen) atoms. The van der Waals surface area contributed by atoms with Crippen molar-refractivity contribution >= 4 is 11.6 Å². The Morgan fingerprint density at radius 2 is 2.35 bits per heavy atom. The molecule has 110 valence electrons. The van der Waals surface area contributed by atoms with Gasteiger partial charge in [-0.15, -0.1) is 0 Å². The third kappa shape index (κ3) is 3.70. The van der Waals surface area contributed by atoms with Crippen LogP contribution in [0.5, 0.6) is 0 Å². The molecule has 1 unspecified atom stereocenters. The van der Waals surface area contributed by atoms with Crippen molar-refractivity contribution < 1.29 is 4.79 Å². The number of nitrogens with one attached hydrogen (secondary N) is 1. The molecule has 1 fully saturated rings. The van der Waals surface area contributed by atoms with Gasteiger partial charge in [0.05, 0.1) is 0 Å². The number of hydrogen-bond donors (Lipinski definition) is 2. The molecule has 2 rings (SSSR count). The van der Waals surface area contributed by atoms with E-state index in [1.165, 1.54) is 19.3 Å². The Morgan fingerprint density at radius 1 is 1.55 bits per heavy atom. The minimum absolute atomic E-state index is 0.337. The van der Waals surface area contributed by atoms with Crippen LogP contribution in [0.4, 0.5) is 5.69 Å². The first kappa shape index (κ1) is 14.8. The SMILES string of the molecule is CC(C)NCC1CCCCN1c1ccnc(C(N)=O)c1. The zero-order valence-electron chi connectivity index (χ0n) is 12.3. The first-order valence-corrected chi connectivity index (χ1v) is 7.34. The summed E-state index contributed by atoms with van der Waals surface area (Å²) in [6.45, 7) is 6.30. The Hall–Kier alpha value is -1.62. The molecule has 0 bridgehead atoms. The van der Waals surface area contributed by atoms with Gasteiger partial charge in [-0.3, -0.25) is 9.78 Å². The first-order chi connectivity index (χ1) is 9.58. The van der Waals surface area contributed by atoms with Gasteiger partial charge >= 0.3 is 0 Å². The number of carbonyl (C=O) groups is 1. The molecule has 3 N–H and O–H groups in total. The van der Waals surface area contributed by atoms with Crippen LogP contribution in [-0.2, 0) is 0 Å². The van der Waals surface area contributed by atoms with Crippen LogP contribution in [0.2, 0.25) is 0 Å². The maximum absolute atomic E-state index is 11.3. The molecule has 1 aliphatic heterocycles. The summed E-state index contributed by atoms with van der Waals surface area (Å²) in [6.07, 6.45) is 5.28. The second kappa shape index (κ2) is 6.70. The molecule has 1 aromatic rings. The largest absolute Gasteiger partial charge is 0.367 e. The molecule has 5 nitrogen and oxygen atoms in total. The van der Waals surface area contributed by atoms with Gasteiger partial charge in [-0.1, -0.05) is 13.8 Å². The Balaban J connectivity index is 2.14. The van der Waals surface area contributed by atoms with E-state index in [0.29, 0.717) is 17.8 Å². The summed E-state index contributed by atoms with van der Waals surface area (Å²) < 4.78 is 0. The van der Waals surface area contributed by atoms with Gasteiger partial charge in [0, 0.05) is 37.1 Å². The number of hydrogen-bond acceptors (Lipinski definition) is 4. The fourth-order valence-electron chi connectivity index (χ4n) is 2.66. The summed E-state index contributed by atoms with van der Waals surface area (Å²) in [4.78, 5) is 17.6. The van der Waals surface area contributed by atoms with Gasteiger partial charge in [0.15, 0.2) is 0 Å². The van der Waals surface area contributed by atoms with Gasteiger partial charge in [-0.05, 0) is 31.4 Å². The smallest absolute Gasteiger partial charge is 0.267 e. The number of pyridine rings is 1. The number of aromatic nitrogens is 1. The van der Waals surface area contributed by atoms with Gasteiger partial charge in [0.2, 0.25) is 0 Å². The fourth-order valence-corrected chi connectivity index (χ4v) is 2.66. The number of nitrogens with zero attached hydrogens (tertiary/aromatic N) is 2. The number of rotatable bonds is 5. The second-order valence-corrected chi connectivity index (χ2v) is 5.67. The van der Waals surface area contributed by atoms with Gasteiger partial charge in [-0.25, -0.2) is 0 Å². The van der Waals surface area contributed by atoms with E-state index in [1.54, 1.807) is 12.3 Å². The average Bonchev–Trinajstić information content (AvgIpc) is 2.45. The molecule has 2 heterocycles. The van der Waals surface area contributed by atoms with Crippen LogP contribution in [0.25, 0.3) is 0 Å². The van der Waals surface area contributed by atoms with Gasteiger partial charge in [0.1, 0.15) is 5.69 Å². The lowest BCUT2D eigenvalue weighted by atomic mass is 10.0. The van der Waals surface area contributed by atoms with E-state index >= 15 is 0 Å². The molecule has 0 saturated carbocycles. The third-order valence-corrected chi connectivity index (χ3v) is 3.72. The highest BCUT2D eigenvalue weighted by molar-refractivity contribution is 5.91. The van der Waals surface area contributed by atoms with Crippen LogP contribution in [0.3, 0.4) is 0 Å². The normalized spacial score (nSPS) is 19.4. The molecule has 1 saturated heterocycles. The van der Waals surface area contributed by atoms with E-state index in [0.717, 1.165) is 18.8 Å². The molecular weight excluding hydrogens is 252 g/mol. The predicted molar refractivity (Wildman–Crippen MR) is 80.9 cm³/mol. The summed E-state index contributed by atoms with van der Waals surface area (Å²) in [7, 11) is 0. The van der Waals surface area contributed by atoms with Gasteiger partial charge in [0.25, 0.3) is 5.91 Å². The molecule has 5 heteroatoms. The predicted octanol–water partition coefficient (Wildman–Crippen LogP) is 1.54. The van der Waals surface area contributed by atoms with Crippen molar-refractivity contribution in [2.24, 2.45) is 5.73 Å². The number of anilines is 1. The maximum atomic E-state index is 11.3. The molecular formula is C15H24N4O. The lowest BCUT2D eigenvalue weighted by molar-refractivity contribution is 0.0995. The molecule has 1 amide bonds. The molecule has 0 radical (unpaired) electrons. The fraction of sp³-hybridized carbons (Fsp3) is 0.600. The Bertz CT molecular complexity index is 461. The first-order valence-electron chi connectivity index (χ1n) is 7.34. The number of nitrogens with two attached hydrogens (primary N) is 1. The van der Waals surface area contributed by atoms with Crippen LogP contribution in [-0.4, -0.2) is 36.1 Å². The van der Waals surface area contributed by atoms with E-state index in [2.05, 4.69) is 29.0 Å². The van der Waals surface area contributed by atoms with E-state index in [1.807, 2.05) is 6.07 Å². The molecule has 0 spiro atoms.